The third kappa shape index (κ3) is 3.16. The molecule has 1 rings (SSSR count). The van der Waals surface area contributed by atoms with Crippen molar-refractivity contribution in [1.29, 1.82) is 0 Å². The van der Waals surface area contributed by atoms with E-state index in [1.54, 1.807) is 0 Å². The molecule has 7 nitrogen and oxygen atoms in total. The van der Waals surface area contributed by atoms with Crippen molar-refractivity contribution in [2.75, 3.05) is 20.2 Å². The zero-order valence-corrected chi connectivity index (χ0v) is 9.68. The lowest BCUT2D eigenvalue weighted by molar-refractivity contribution is -0.144. The van der Waals surface area contributed by atoms with E-state index in [-0.39, 0.29) is 18.2 Å². The molecule has 1 aliphatic heterocycles. The highest BCUT2D eigenvalue weighted by Gasteiger charge is 2.32. The summed E-state index contributed by atoms with van der Waals surface area (Å²) in [7, 11) is 1.40. The summed E-state index contributed by atoms with van der Waals surface area (Å²) in [5.41, 5.74) is 5.07. The average molecular weight is 243 g/mol. The number of nitrogens with zero attached hydrogens (tertiary/aromatic N) is 1. The molecule has 96 valence electrons. The summed E-state index contributed by atoms with van der Waals surface area (Å²) in [6.45, 7) is -0.0695. The van der Waals surface area contributed by atoms with E-state index in [0.29, 0.717) is 13.0 Å². The highest BCUT2D eigenvalue weighted by Crippen LogP contribution is 2.16. The summed E-state index contributed by atoms with van der Waals surface area (Å²) in [5.74, 6) is -1.72. The van der Waals surface area contributed by atoms with Gasteiger partial charge in [0.15, 0.2) is 0 Å². The average Bonchev–Trinajstić information content (AvgIpc) is 2.28. The number of carbonyl (C=O) groups excluding carboxylic acids is 3. The van der Waals surface area contributed by atoms with Crippen LogP contribution < -0.4 is 11.1 Å². The maximum absolute atomic E-state index is 12.0. The third-order valence-corrected chi connectivity index (χ3v) is 2.91. The van der Waals surface area contributed by atoms with Gasteiger partial charge in [-0.3, -0.25) is 14.4 Å². The normalized spacial score (nSPS) is 21.5. The van der Waals surface area contributed by atoms with E-state index in [2.05, 4.69) is 5.32 Å². The number of likely N-dealkylation sites (N-methyl/N-ethyl adjacent to an activating group) is 1. The molecule has 3 amide bonds. The van der Waals surface area contributed by atoms with Crippen LogP contribution in [0.5, 0.6) is 0 Å². The van der Waals surface area contributed by atoms with Crippen molar-refractivity contribution in [3.05, 3.63) is 0 Å². The molecule has 0 radical (unpaired) electrons. The largest absolute Gasteiger partial charge is 0.394 e. The Kier molecular flexibility index (Phi) is 4.45. The summed E-state index contributed by atoms with van der Waals surface area (Å²) in [4.78, 5) is 35.3. The molecule has 0 aromatic carbocycles. The van der Waals surface area contributed by atoms with Crippen LogP contribution in [0.1, 0.15) is 12.8 Å². The summed E-state index contributed by atoms with van der Waals surface area (Å²) >= 11 is 0. The maximum Gasteiger partial charge on any atom is 0.242 e. The van der Waals surface area contributed by atoms with Crippen molar-refractivity contribution in [2.45, 2.75) is 18.9 Å². The van der Waals surface area contributed by atoms with Gasteiger partial charge in [-0.05, 0) is 6.42 Å². The van der Waals surface area contributed by atoms with Crippen LogP contribution >= 0.6 is 0 Å². The minimum absolute atomic E-state index is 0.111. The molecule has 1 heterocycles. The first-order valence-corrected chi connectivity index (χ1v) is 5.41. The van der Waals surface area contributed by atoms with E-state index >= 15 is 0 Å². The summed E-state index contributed by atoms with van der Waals surface area (Å²) in [6.07, 6.45) is 0.645. The molecule has 0 spiro atoms. The van der Waals surface area contributed by atoms with Crippen LogP contribution in [0.25, 0.3) is 0 Å². The molecule has 0 saturated carbocycles. The zero-order chi connectivity index (χ0) is 13.0. The monoisotopic (exact) mass is 243 g/mol. The molecule has 0 aliphatic carbocycles. The fraction of sp³-hybridized carbons (Fsp3) is 0.700. The fourth-order valence-corrected chi connectivity index (χ4v) is 1.84. The third-order valence-electron chi connectivity index (χ3n) is 2.91. The molecule has 17 heavy (non-hydrogen) atoms. The number of hydrogen-bond donors (Lipinski definition) is 3. The van der Waals surface area contributed by atoms with Gasteiger partial charge in [0.25, 0.3) is 0 Å². The lowest BCUT2D eigenvalue weighted by Crippen LogP contribution is -2.51. The van der Waals surface area contributed by atoms with Crippen LogP contribution in [-0.4, -0.2) is 54.0 Å². The Morgan fingerprint density at radius 1 is 1.65 bits per heavy atom. The number of rotatable bonds is 4. The van der Waals surface area contributed by atoms with Gasteiger partial charge in [0.1, 0.15) is 6.04 Å². The van der Waals surface area contributed by atoms with Crippen LogP contribution in [-0.2, 0) is 14.4 Å². The number of nitrogens with one attached hydrogen (secondary N) is 1. The number of aliphatic hydroxyl groups is 1. The highest BCUT2D eigenvalue weighted by molar-refractivity contribution is 5.90. The number of amides is 3. The summed E-state index contributed by atoms with van der Waals surface area (Å²) < 4.78 is 0. The second kappa shape index (κ2) is 5.62. The molecule has 1 fully saturated rings. The van der Waals surface area contributed by atoms with Gasteiger partial charge in [0.05, 0.1) is 6.61 Å². The zero-order valence-electron chi connectivity index (χ0n) is 9.68. The number of hydrogen-bond acceptors (Lipinski definition) is 4. The molecule has 1 unspecified atom stereocenters. The summed E-state index contributed by atoms with van der Waals surface area (Å²) in [5, 5.41) is 11.6. The van der Waals surface area contributed by atoms with Crippen LogP contribution in [0.4, 0.5) is 0 Å². The molecule has 7 heteroatoms. The maximum atomic E-state index is 12.0. The van der Waals surface area contributed by atoms with Gasteiger partial charge in [-0.25, -0.2) is 0 Å². The van der Waals surface area contributed by atoms with Gasteiger partial charge in [-0.15, -0.1) is 0 Å². The first-order chi connectivity index (χ1) is 7.97. The van der Waals surface area contributed by atoms with Crippen molar-refractivity contribution >= 4 is 17.7 Å². The second-order valence-corrected chi connectivity index (χ2v) is 4.09. The lowest BCUT2D eigenvalue weighted by atomic mass is 9.95. The van der Waals surface area contributed by atoms with Gasteiger partial charge in [0.2, 0.25) is 17.7 Å². The molecule has 4 N–H and O–H groups in total. The number of carbonyl (C=O) groups is 3. The number of nitrogens with two attached hydrogens (primary N) is 1. The van der Waals surface area contributed by atoms with Crippen LogP contribution in [0.15, 0.2) is 0 Å². The van der Waals surface area contributed by atoms with Gasteiger partial charge in [0, 0.05) is 25.9 Å². The molecule has 1 aliphatic rings. The Morgan fingerprint density at radius 2 is 2.29 bits per heavy atom. The van der Waals surface area contributed by atoms with Crippen LogP contribution in [0, 0.1) is 5.92 Å². The topological polar surface area (TPSA) is 113 Å². The Bertz CT molecular complexity index is 332. The molecular weight excluding hydrogens is 226 g/mol. The molecule has 1 saturated heterocycles. The van der Waals surface area contributed by atoms with Crippen molar-refractivity contribution < 1.29 is 19.5 Å². The molecule has 0 aromatic rings. The van der Waals surface area contributed by atoms with Gasteiger partial charge in [-0.2, -0.15) is 0 Å². The van der Waals surface area contributed by atoms with Crippen LogP contribution in [0.2, 0.25) is 0 Å². The van der Waals surface area contributed by atoms with Crippen molar-refractivity contribution in [3.8, 4) is 0 Å². The van der Waals surface area contributed by atoms with E-state index in [1.807, 2.05) is 0 Å². The quantitative estimate of drug-likeness (QED) is 0.521. The number of aliphatic hydroxyl groups excluding tert-OH is 1. The van der Waals surface area contributed by atoms with Crippen molar-refractivity contribution in [3.63, 3.8) is 0 Å². The Hall–Kier alpha value is -1.63. The van der Waals surface area contributed by atoms with E-state index in [9.17, 15) is 14.4 Å². The lowest BCUT2D eigenvalue weighted by Gasteiger charge is -2.29. The van der Waals surface area contributed by atoms with Gasteiger partial charge >= 0.3 is 0 Å². The SMILES string of the molecule is CN(C(=O)C1CCNC(=O)C1)[C@@H](CO)C(N)=O. The molecular formula is C10H17N3O4. The number of primary amides is 1. The molecule has 0 bridgehead atoms. The second-order valence-electron chi connectivity index (χ2n) is 4.09. The first kappa shape index (κ1) is 13.4. The van der Waals surface area contributed by atoms with Crippen molar-refractivity contribution in [1.82, 2.24) is 10.2 Å². The Balaban J connectivity index is 2.67. The highest BCUT2D eigenvalue weighted by atomic mass is 16.3. The fourth-order valence-electron chi connectivity index (χ4n) is 1.84. The minimum atomic E-state index is -1.03. The van der Waals surface area contributed by atoms with E-state index in [4.69, 9.17) is 10.8 Å². The van der Waals surface area contributed by atoms with Gasteiger partial charge in [-0.1, -0.05) is 0 Å². The van der Waals surface area contributed by atoms with Crippen molar-refractivity contribution in [2.24, 2.45) is 11.7 Å². The number of piperidine rings is 1. The van der Waals surface area contributed by atoms with Crippen LogP contribution in [0.3, 0.4) is 0 Å². The predicted octanol–water partition coefficient (Wildman–Crippen LogP) is -2.18. The molecule has 0 aromatic heterocycles. The Morgan fingerprint density at radius 3 is 2.76 bits per heavy atom. The van der Waals surface area contributed by atoms with Gasteiger partial charge < -0.3 is 21.1 Å². The Labute approximate surface area is 98.9 Å². The molecule has 2 atom stereocenters. The summed E-state index contributed by atoms with van der Waals surface area (Å²) in [6, 6.07) is -1.03. The predicted molar refractivity (Wildman–Crippen MR) is 58.6 cm³/mol. The van der Waals surface area contributed by atoms with E-state index in [0.717, 1.165) is 4.90 Å². The minimum Gasteiger partial charge on any atom is -0.394 e. The smallest absolute Gasteiger partial charge is 0.242 e. The standard InChI is InChI=1S/C10H17N3O4/c1-13(7(5-14)9(11)16)10(17)6-2-3-12-8(15)4-6/h6-7,14H,2-5H2,1H3,(H2,11,16)(H,12,15)/t6?,7-/m0/s1. The van der Waals surface area contributed by atoms with E-state index in [1.165, 1.54) is 7.05 Å². The van der Waals surface area contributed by atoms with E-state index < -0.39 is 24.5 Å². The first-order valence-electron chi connectivity index (χ1n) is 5.41.